The van der Waals surface area contributed by atoms with E-state index in [4.69, 9.17) is 11.1 Å². The summed E-state index contributed by atoms with van der Waals surface area (Å²) in [7, 11) is 1.86. The summed E-state index contributed by atoms with van der Waals surface area (Å²) in [4.78, 5) is 4.43. The molecule has 0 unspecified atom stereocenters. The molecule has 0 radical (unpaired) electrons. The fourth-order valence-corrected chi connectivity index (χ4v) is 2.67. The second-order valence-corrected chi connectivity index (χ2v) is 4.96. The zero-order valence-electron chi connectivity index (χ0n) is 10.4. The predicted octanol–water partition coefficient (Wildman–Crippen LogP) is 1.26. The average molecular weight is 262 g/mol. The van der Waals surface area contributed by atoms with E-state index in [9.17, 15) is 0 Å². The van der Waals surface area contributed by atoms with Crippen LogP contribution in [0.15, 0.2) is 22.6 Å². The molecule has 18 heavy (non-hydrogen) atoms. The molecule has 0 aliphatic rings. The minimum Gasteiger partial charge on any atom is -0.384 e. The van der Waals surface area contributed by atoms with Crippen molar-refractivity contribution >= 4 is 17.6 Å². The molecule has 2 aromatic heterocycles. The van der Waals surface area contributed by atoms with E-state index in [1.54, 1.807) is 10.9 Å². The molecule has 0 fully saturated rings. The molecule has 0 amide bonds. The van der Waals surface area contributed by atoms with Crippen LogP contribution in [0.5, 0.6) is 0 Å². The first kappa shape index (κ1) is 12.6. The van der Waals surface area contributed by atoms with Gasteiger partial charge in [0.15, 0.2) is 5.16 Å². The van der Waals surface area contributed by atoms with Crippen LogP contribution in [0, 0.1) is 19.3 Å². The lowest BCUT2D eigenvalue weighted by molar-refractivity contribution is 0.786. The number of rotatable bonds is 3. The van der Waals surface area contributed by atoms with Crippen LogP contribution < -0.4 is 5.73 Å². The number of pyridine rings is 1. The van der Waals surface area contributed by atoms with Crippen molar-refractivity contribution in [3.8, 4) is 0 Å². The summed E-state index contributed by atoms with van der Waals surface area (Å²) >= 11 is 1.36. The number of nitrogen functional groups attached to an aromatic ring is 1. The minimum atomic E-state index is 0.0182. The zero-order chi connectivity index (χ0) is 13.3. The highest BCUT2D eigenvalue weighted by molar-refractivity contribution is 7.99. The Balaban J connectivity index is 2.49. The van der Waals surface area contributed by atoms with E-state index in [0.717, 1.165) is 16.4 Å². The van der Waals surface area contributed by atoms with Gasteiger partial charge in [-0.2, -0.15) is 0 Å². The fraction of sp³-hybridized carbons (Fsp3) is 0.273. The van der Waals surface area contributed by atoms with E-state index >= 15 is 0 Å². The van der Waals surface area contributed by atoms with Crippen LogP contribution in [-0.2, 0) is 7.05 Å². The van der Waals surface area contributed by atoms with Crippen LogP contribution in [0.4, 0.5) is 0 Å². The van der Waals surface area contributed by atoms with Crippen molar-refractivity contribution in [2.75, 3.05) is 0 Å². The number of aromatic nitrogens is 4. The summed E-state index contributed by atoms with van der Waals surface area (Å²) in [6, 6.07) is 1.91. The Hall–Kier alpha value is -1.89. The van der Waals surface area contributed by atoms with Gasteiger partial charge >= 0.3 is 0 Å². The molecule has 2 aromatic rings. The number of nitrogens with one attached hydrogen (secondary N) is 1. The normalized spacial score (nSPS) is 10.6. The lowest BCUT2D eigenvalue weighted by Gasteiger charge is -2.10. The third kappa shape index (κ3) is 2.35. The molecule has 0 saturated carbocycles. The lowest BCUT2D eigenvalue weighted by Crippen LogP contribution is -2.15. The summed E-state index contributed by atoms with van der Waals surface area (Å²) in [6.07, 6.45) is 1.62. The molecule has 3 N–H and O–H groups in total. The van der Waals surface area contributed by atoms with Crippen LogP contribution in [0.1, 0.15) is 16.8 Å². The Bertz CT molecular complexity index is 604. The molecule has 0 aliphatic heterocycles. The van der Waals surface area contributed by atoms with E-state index in [-0.39, 0.29) is 5.84 Å². The molecule has 0 spiro atoms. The summed E-state index contributed by atoms with van der Waals surface area (Å²) < 4.78 is 1.80. The van der Waals surface area contributed by atoms with Gasteiger partial charge in [-0.05, 0) is 37.2 Å². The van der Waals surface area contributed by atoms with Crippen molar-refractivity contribution in [1.29, 1.82) is 5.41 Å². The van der Waals surface area contributed by atoms with Gasteiger partial charge in [0.2, 0.25) is 0 Å². The van der Waals surface area contributed by atoms with Gasteiger partial charge in [0.25, 0.3) is 0 Å². The molecule has 6 nitrogen and oxygen atoms in total. The fourth-order valence-electron chi connectivity index (χ4n) is 1.66. The highest BCUT2D eigenvalue weighted by atomic mass is 32.2. The highest BCUT2D eigenvalue weighted by Gasteiger charge is 2.15. The molecule has 7 heteroatoms. The molecule has 94 valence electrons. The van der Waals surface area contributed by atoms with Crippen molar-refractivity contribution in [2.45, 2.75) is 24.0 Å². The number of hydrogen-bond acceptors (Lipinski definition) is 5. The van der Waals surface area contributed by atoms with Gasteiger partial charge in [-0.3, -0.25) is 5.41 Å². The van der Waals surface area contributed by atoms with E-state index in [0.29, 0.717) is 10.6 Å². The van der Waals surface area contributed by atoms with Gasteiger partial charge in [-0.1, -0.05) is 0 Å². The second kappa shape index (κ2) is 4.77. The summed E-state index contributed by atoms with van der Waals surface area (Å²) in [5.74, 6) is 0.0182. The SMILES string of the molecule is Cc1cc(C)c(C(=N)N)c(Sc2nncn2C)n1. The predicted molar refractivity (Wildman–Crippen MR) is 69.9 cm³/mol. The van der Waals surface area contributed by atoms with Crippen molar-refractivity contribution < 1.29 is 0 Å². The first-order valence-corrected chi connectivity index (χ1v) is 6.15. The molecule has 2 rings (SSSR count). The number of nitrogens with zero attached hydrogens (tertiary/aromatic N) is 4. The van der Waals surface area contributed by atoms with Crippen LogP contribution in [-0.4, -0.2) is 25.6 Å². The number of amidine groups is 1. The number of hydrogen-bond donors (Lipinski definition) is 2. The van der Waals surface area contributed by atoms with Gasteiger partial charge in [-0.15, -0.1) is 10.2 Å². The standard InChI is InChI=1S/C11H14N6S/c1-6-4-7(2)15-10(8(6)9(12)13)18-11-16-14-5-17(11)3/h4-5H,1-3H3,(H3,12,13). The quantitative estimate of drug-likeness (QED) is 0.641. The highest BCUT2D eigenvalue weighted by Crippen LogP contribution is 2.28. The minimum absolute atomic E-state index is 0.0182. The molecule has 0 aliphatic carbocycles. The topological polar surface area (TPSA) is 93.5 Å². The maximum Gasteiger partial charge on any atom is 0.197 e. The smallest absolute Gasteiger partial charge is 0.197 e. The lowest BCUT2D eigenvalue weighted by atomic mass is 10.1. The third-order valence-electron chi connectivity index (χ3n) is 2.44. The van der Waals surface area contributed by atoms with Crippen molar-refractivity contribution in [3.05, 3.63) is 29.2 Å². The van der Waals surface area contributed by atoms with Crippen LogP contribution >= 0.6 is 11.8 Å². The monoisotopic (exact) mass is 262 g/mol. The van der Waals surface area contributed by atoms with E-state index in [1.165, 1.54) is 11.8 Å². The molecule has 2 heterocycles. The first-order valence-electron chi connectivity index (χ1n) is 5.33. The third-order valence-corrected chi connectivity index (χ3v) is 3.48. The molecular weight excluding hydrogens is 248 g/mol. The van der Waals surface area contributed by atoms with E-state index in [1.807, 2.05) is 27.0 Å². The Morgan fingerprint density at radius 1 is 1.44 bits per heavy atom. The number of aryl methyl sites for hydroxylation is 3. The molecule has 0 bridgehead atoms. The Morgan fingerprint density at radius 3 is 2.72 bits per heavy atom. The molecule has 0 aromatic carbocycles. The van der Waals surface area contributed by atoms with Gasteiger partial charge in [-0.25, -0.2) is 4.98 Å². The average Bonchev–Trinajstić information content (AvgIpc) is 2.62. The summed E-state index contributed by atoms with van der Waals surface area (Å²) in [6.45, 7) is 3.84. The van der Waals surface area contributed by atoms with E-state index in [2.05, 4.69) is 15.2 Å². The van der Waals surface area contributed by atoms with E-state index < -0.39 is 0 Å². The zero-order valence-corrected chi connectivity index (χ0v) is 11.2. The molecule has 0 saturated heterocycles. The van der Waals surface area contributed by atoms with Crippen molar-refractivity contribution in [3.63, 3.8) is 0 Å². The Kier molecular flexibility index (Phi) is 3.33. The summed E-state index contributed by atoms with van der Waals surface area (Å²) in [5, 5.41) is 16.9. The van der Waals surface area contributed by atoms with Crippen molar-refractivity contribution in [1.82, 2.24) is 19.7 Å². The molecule has 0 atom stereocenters. The Morgan fingerprint density at radius 2 is 2.17 bits per heavy atom. The van der Waals surface area contributed by atoms with Crippen LogP contribution in [0.25, 0.3) is 0 Å². The number of nitrogens with two attached hydrogens (primary N) is 1. The Labute approximate surface area is 109 Å². The first-order chi connectivity index (χ1) is 8.49. The maximum absolute atomic E-state index is 7.65. The van der Waals surface area contributed by atoms with Crippen LogP contribution in [0.2, 0.25) is 0 Å². The van der Waals surface area contributed by atoms with Crippen molar-refractivity contribution in [2.24, 2.45) is 12.8 Å². The van der Waals surface area contributed by atoms with Gasteiger partial charge in [0.1, 0.15) is 17.2 Å². The largest absolute Gasteiger partial charge is 0.384 e. The maximum atomic E-state index is 7.65. The van der Waals surface area contributed by atoms with Gasteiger partial charge in [0.05, 0.1) is 5.56 Å². The van der Waals surface area contributed by atoms with Gasteiger partial charge in [0, 0.05) is 12.7 Å². The van der Waals surface area contributed by atoms with Crippen LogP contribution in [0.3, 0.4) is 0 Å². The second-order valence-electron chi connectivity index (χ2n) is 4.00. The summed E-state index contributed by atoms with van der Waals surface area (Å²) in [5.41, 5.74) is 8.12. The molecular formula is C11H14N6S. The van der Waals surface area contributed by atoms with Gasteiger partial charge < -0.3 is 10.3 Å².